The SMILES string of the molecule is Cc1nn(-c2ccccc2)c(C)c1CC(=O)Nc1cc2c(cc1Cl)OCCCO2. The lowest BCUT2D eigenvalue weighted by molar-refractivity contribution is -0.115. The fourth-order valence-corrected chi connectivity index (χ4v) is 3.59. The molecule has 7 heteroatoms. The number of fused-ring (bicyclic) bond motifs is 1. The molecule has 0 radical (unpaired) electrons. The third kappa shape index (κ3) is 4.07. The number of para-hydroxylation sites is 1. The number of hydrogen-bond donors (Lipinski definition) is 1. The first-order chi connectivity index (χ1) is 14.0. The predicted octanol–water partition coefficient (Wildman–Crippen LogP) is 4.49. The molecule has 0 atom stereocenters. The van der Waals surface area contributed by atoms with E-state index in [1.54, 1.807) is 12.1 Å². The Bertz CT molecular complexity index is 1050. The molecule has 0 saturated heterocycles. The molecule has 1 aliphatic rings. The molecule has 4 rings (SSSR count). The van der Waals surface area contributed by atoms with E-state index in [9.17, 15) is 4.79 Å². The summed E-state index contributed by atoms with van der Waals surface area (Å²) >= 11 is 6.34. The average molecular weight is 412 g/mol. The van der Waals surface area contributed by atoms with Gasteiger partial charge in [0.05, 0.1) is 41.7 Å². The van der Waals surface area contributed by atoms with E-state index in [0.29, 0.717) is 35.4 Å². The van der Waals surface area contributed by atoms with Crippen LogP contribution in [0.1, 0.15) is 23.4 Å². The maximum Gasteiger partial charge on any atom is 0.228 e. The van der Waals surface area contributed by atoms with E-state index >= 15 is 0 Å². The van der Waals surface area contributed by atoms with Gasteiger partial charge in [0.25, 0.3) is 0 Å². The number of carbonyl (C=O) groups excluding carboxylic acids is 1. The number of benzene rings is 2. The van der Waals surface area contributed by atoms with E-state index in [-0.39, 0.29) is 12.3 Å². The van der Waals surface area contributed by atoms with Gasteiger partial charge in [-0.1, -0.05) is 29.8 Å². The molecule has 1 amide bonds. The maximum atomic E-state index is 12.7. The molecule has 1 N–H and O–H groups in total. The molecule has 0 aliphatic carbocycles. The standard InChI is InChI=1S/C22H22ClN3O3/c1-14-17(15(2)26(25-14)16-7-4-3-5-8-16)11-22(27)24-19-13-21-20(12-18(19)23)28-9-6-10-29-21/h3-5,7-8,12-13H,6,9-11H2,1-2H3,(H,24,27). The van der Waals surface area contributed by atoms with Gasteiger partial charge in [-0.05, 0) is 26.0 Å². The van der Waals surface area contributed by atoms with E-state index in [4.69, 9.17) is 21.1 Å². The molecule has 3 aromatic rings. The minimum absolute atomic E-state index is 0.166. The molecule has 1 aliphatic heterocycles. The topological polar surface area (TPSA) is 65.4 Å². The molecule has 6 nitrogen and oxygen atoms in total. The number of anilines is 1. The Labute approximate surface area is 174 Å². The fraction of sp³-hybridized carbons (Fsp3) is 0.273. The van der Waals surface area contributed by atoms with Crippen LogP contribution < -0.4 is 14.8 Å². The molecule has 0 unspecified atom stereocenters. The normalized spacial score (nSPS) is 13.1. The van der Waals surface area contributed by atoms with E-state index in [1.807, 2.05) is 48.9 Å². The molecule has 2 aromatic carbocycles. The molecule has 0 fully saturated rings. The first kappa shape index (κ1) is 19.3. The molecule has 0 spiro atoms. The van der Waals surface area contributed by atoms with E-state index in [0.717, 1.165) is 29.1 Å². The summed E-state index contributed by atoms with van der Waals surface area (Å²) in [5, 5.41) is 7.90. The van der Waals surface area contributed by atoms with Gasteiger partial charge >= 0.3 is 0 Å². The maximum absolute atomic E-state index is 12.7. The molecular weight excluding hydrogens is 390 g/mol. The summed E-state index contributed by atoms with van der Waals surface area (Å²) in [5.41, 5.74) is 4.13. The average Bonchev–Trinajstić information content (AvgIpc) is 2.86. The number of rotatable bonds is 4. The number of halogens is 1. The van der Waals surface area contributed by atoms with Crippen molar-refractivity contribution in [1.29, 1.82) is 0 Å². The lowest BCUT2D eigenvalue weighted by Crippen LogP contribution is -2.16. The van der Waals surface area contributed by atoms with Crippen LogP contribution in [0, 0.1) is 13.8 Å². The van der Waals surface area contributed by atoms with Crippen LogP contribution in [-0.4, -0.2) is 28.9 Å². The second-order valence-electron chi connectivity index (χ2n) is 6.95. The summed E-state index contributed by atoms with van der Waals surface area (Å²) in [6.45, 7) is 5.03. The van der Waals surface area contributed by atoms with Crippen molar-refractivity contribution < 1.29 is 14.3 Å². The monoisotopic (exact) mass is 411 g/mol. The van der Waals surface area contributed by atoms with Crippen molar-refractivity contribution in [3.05, 3.63) is 64.4 Å². The summed E-state index contributed by atoms with van der Waals surface area (Å²) in [7, 11) is 0. The Balaban J connectivity index is 1.54. The molecule has 2 heterocycles. The first-order valence-electron chi connectivity index (χ1n) is 9.52. The van der Waals surface area contributed by atoms with Crippen molar-refractivity contribution in [1.82, 2.24) is 9.78 Å². The van der Waals surface area contributed by atoms with Gasteiger partial charge in [0.15, 0.2) is 11.5 Å². The molecule has 0 bridgehead atoms. The highest BCUT2D eigenvalue weighted by Gasteiger charge is 2.19. The summed E-state index contributed by atoms with van der Waals surface area (Å²) in [6.07, 6.45) is 1.01. The number of carbonyl (C=O) groups is 1. The zero-order valence-corrected chi connectivity index (χ0v) is 17.1. The molecule has 150 valence electrons. The van der Waals surface area contributed by atoms with Crippen molar-refractivity contribution in [3.8, 4) is 17.2 Å². The minimum Gasteiger partial charge on any atom is -0.490 e. The number of ether oxygens (including phenoxy) is 2. The van der Waals surface area contributed by atoms with Crippen LogP contribution >= 0.6 is 11.6 Å². The quantitative estimate of drug-likeness (QED) is 0.687. The van der Waals surface area contributed by atoms with Crippen LogP contribution in [0.15, 0.2) is 42.5 Å². The van der Waals surface area contributed by atoms with Crippen LogP contribution in [0.25, 0.3) is 5.69 Å². The van der Waals surface area contributed by atoms with E-state index in [1.165, 1.54) is 0 Å². The van der Waals surface area contributed by atoms with Crippen molar-refractivity contribution in [2.24, 2.45) is 0 Å². The van der Waals surface area contributed by atoms with Crippen LogP contribution in [0.4, 0.5) is 5.69 Å². The van der Waals surface area contributed by atoms with Crippen molar-refractivity contribution >= 4 is 23.2 Å². The molecule has 0 saturated carbocycles. The van der Waals surface area contributed by atoms with Crippen molar-refractivity contribution in [3.63, 3.8) is 0 Å². The second kappa shape index (κ2) is 8.17. The Kier molecular flexibility index (Phi) is 5.45. The number of hydrogen-bond acceptors (Lipinski definition) is 4. The van der Waals surface area contributed by atoms with Gasteiger partial charge in [0.1, 0.15) is 0 Å². The third-order valence-electron chi connectivity index (χ3n) is 4.89. The first-order valence-corrected chi connectivity index (χ1v) is 9.90. The zero-order chi connectivity index (χ0) is 20.4. The van der Waals surface area contributed by atoms with Crippen LogP contribution in [0.2, 0.25) is 5.02 Å². The van der Waals surface area contributed by atoms with Crippen LogP contribution in [0.5, 0.6) is 11.5 Å². The Morgan fingerprint density at radius 3 is 2.55 bits per heavy atom. The Morgan fingerprint density at radius 1 is 1.14 bits per heavy atom. The zero-order valence-electron chi connectivity index (χ0n) is 16.4. The molecular formula is C22H22ClN3O3. The number of amides is 1. The smallest absolute Gasteiger partial charge is 0.228 e. The van der Waals surface area contributed by atoms with Crippen molar-refractivity contribution in [2.45, 2.75) is 26.7 Å². The largest absolute Gasteiger partial charge is 0.490 e. The third-order valence-corrected chi connectivity index (χ3v) is 5.20. The highest BCUT2D eigenvalue weighted by Crippen LogP contribution is 2.37. The van der Waals surface area contributed by atoms with E-state index < -0.39 is 0 Å². The summed E-state index contributed by atoms with van der Waals surface area (Å²) in [4.78, 5) is 12.7. The highest BCUT2D eigenvalue weighted by atomic mass is 35.5. The summed E-state index contributed by atoms with van der Waals surface area (Å²) < 4.78 is 13.2. The summed E-state index contributed by atoms with van der Waals surface area (Å²) in [6, 6.07) is 13.3. The van der Waals surface area contributed by atoms with Gasteiger partial charge < -0.3 is 14.8 Å². The van der Waals surface area contributed by atoms with Gasteiger partial charge in [-0.2, -0.15) is 5.10 Å². The highest BCUT2D eigenvalue weighted by molar-refractivity contribution is 6.34. The van der Waals surface area contributed by atoms with E-state index in [2.05, 4.69) is 10.4 Å². The Morgan fingerprint density at radius 2 is 1.83 bits per heavy atom. The van der Waals surface area contributed by atoms with Gasteiger partial charge in [-0.3, -0.25) is 4.79 Å². The number of aromatic nitrogens is 2. The number of nitrogens with one attached hydrogen (secondary N) is 1. The second-order valence-corrected chi connectivity index (χ2v) is 7.36. The van der Waals surface area contributed by atoms with Crippen LogP contribution in [-0.2, 0) is 11.2 Å². The summed E-state index contributed by atoms with van der Waals surface area (Å²) in [5.74, 6) is 1.02. The Hall–Kier alpha value is -2.99. The van der Waals surface area contributed by atoms with Gasteiger partial charge in [0.2, 0.25) is 5.91 Å². The number of aryl methyl sites for hydroxylation is 1. The predicted molar refractivity (Wildman–Crippen MR) is 112 cm³/mol. The molecule has 1 aromatic heterocycles. The van der Waals surface area contributed by atoms with Gasteiger partial charge in [0, 0.05) is 29.8 Å². The number of nitrogens with zero attached hydrogens (tertiary/aromatic N) is 2. The van der Waals surface area contributed by atoms with Crippen molar-refractivity contribution in [2.75, 3.05) is 18.5 Å². The van der Waals surface area contributed by atoms with Gasteiger partial charge in [-0.25, -0.2) is 4.68 Å². The van der Waals surface area contributed by atoms with Gasteiger partial charge in [-0.15, -0.1) is 0 Å². The lowest BCUT2D eigenvalue weighted by atomic mass is 10.1. The minimum atomic E-state index is -0.166. The lowest BCUT2D eigenvalue weighted by Gasteiger charge is -2.12. The molecule has 29 heavy (non-hydrogen) atoms. The van der Waals surface area contributed by atoms with Crippen LogP contribution in [0.3, 0.4) is 0 Å². The fourth-order valence-electron chi connectivity index (χ4n) is 3.39.